The number of amides is 1. The van der Waals surface area contributed by atoms with Crippen molar-refractivity contribution < 1.29 is 23.8 Å². The molecule has 0 saturated carbocycles. The van der Waals surface area contributed by atoms with Gasteiger partial charge in [-0.25, -0.2) is 4.79 Å². The highest BCUT2D eigenvalue weighted by molar-refractivity contribution is 6.44. The second-order valence-electron chi connectivity index (χ2n) is 6.52. The molecule has 9 heteroatoms. The molecule has 33 heavy (non-hydrogen) atoms. The number of halogens is 2. The van der Waals surface area contributed by atoms with Crippen LogP contribution in [0.15, 0.2) is 48.6 Å². The minimum atomic E-state index is -0.657. The van der Waals surface area contributed by atoms with Crippen molar-refractivity contribution in [2.75, 3.05) is 25.6 Å². The number of methoxy groups -OCH3 is 1. The van der Waals surface area contributed by atoms with Gasteiger partial charge in [0.25, 0.3) is 5.91 Å². The lowest BCUT2D eigenvalue weighted by Crippen LogP contribution is -2.15. The van der Waals surface area contributed by atoms with E-state index in [0.29, 0.717) is 35.7 Å². The van der Waals surface area contributed by atoms with Gasteiger partial charge in [-0.2, -0.15) is 5.26 Å². The van der Waals surface area contributed by atoms with Crippen molar-refractivity contribution >= 4 is 46.8 Å². The van der Waals surface area contributed by atoms with Crippen molar-refractivity contribution in [3.05, 3.63) is 69.7 Å². The summed E-state index contributed by atoms with van der Waals surface area (Å²) in [5.74, 6) is -0.499. The molecule has 0 atom stereocenters. The molecule has 1 amide bonds. The molecule has 2 rings (SSSR count). The highest BCUT2D eigenvalue weighted by Crippen LogP contribution is 2.35. The quantitative estimate of drug-likeness (QED) is 0.213. The maximum atomic E-state index is 12.7. The first kappa shape index (κ1) is 25.8. The number of nitriles is 1. The van der Waals surface area contributed by atoms with Crippen molar-refractivity contribution in [3.63, 3.8) is 0 Å². The van der Waals surface area contributed by atoms with Crippen LogP contribution in [-0.2, 0) is 20.7 Å². The molecular formula is C24H22Cl2N2O5. The molecule has 2 aromatic rings. The monoisotopic (exact) mass is 488 g/mol. The molecule has 0 fully saturated rings. The first-order valence-electron chi connectivity index (χ1n) is 9.81. The number of nitrogens with zero attached hydrogens (tertiary/aromatic N) is 1. The van der Waals surface area contributed by atoms with E-state index in [9.17, 15) is 14.9 Å². The van der Waals surface area contributed by atoms with Crippen molar-refractivity contribution in [1.82, 2.24) is 0 Å². The largest absolute Gasteiger partial charge is 0.490 e. The summed E-state index contributed by atoms with van der Waals surface area (Å²) in [7, 11) is 1.26. The summed E-state index contributed by atoms with van der Waals surface area (Å²) in [5.41, 5.74) is 1.29. The maximum absolute atomic E-state index is 12.7. The first-order chi connectivity index (χ1) is 15.8. The van der Waals surface area contributed by atoms with Gasteiger partial charge in [0.2, 0.25) is 0 Å². The maximum Gasteiger partial charge on any atom is 0.343 e. The smallest absolute Gasteiger partial charge is 0.343 e. The van der Waals surface area contributed by atoms with Crippen LogP contribution >= 0.6 is 23.2 Å². The molecule has 0 bridgehead atoms. The van der Waals surface area contributed by atoms with E-state index < -0.39 is 11.9 Å². The van der Waals surface area contributed by atoms with E-state index in [2.05, 4.69) is 16.6 Å². The number of carbonyl (C=O) groups excluding carboxylic acids is 2. The average Bonchev–Trinajstić information content (AvgIpc) is 2.80. The highest BCUT2D eigenvalue weighted by Gasteiger charge is 2.17. The van der Waals surface area contributed by atoms with Crippen LogP contribution < -0.4 is 14.8 Å². The van der Waals surface area contributed by atoms with Crippen LogP contribution in [0.3, 0.4) is 0 Å². The number of benzene rings is 2. The van der Waals surface area contributed by atoms with E-state index in [4.69, 9.17) is 32.7 Å². The molecule has 0 aliphatic heterocycles. The molecular weight excluding hydrogens is 467 g/mol. The van der Waals surface area contributed by atoms with Crippen LogP contribution in [0.2, 0.25) is 10.0 Å². The van der Waals surface area contributed by atoms with E-state index in [0.717, 1.165) is 0 Å². The average molecular weight is 489 g/mol. The number of carbonyl (C=O) groups is 2. The number of esters is 1. The molecule has 7 nitrogen and oxygen atoms in total. The zero-order chi connectivity index (χ0) is 24.4. The molecule has 0 aliphatic rings. The molecule has 0 saturated heterocycles. The Hall–Kier alpha value is -3.47. The fraction of sp³-hybridized carbons (Fsp3) is 0.208. The van der Waals surface area contributed by atoms with Gasteiger partial charge >= 0.3 is 5.97 Å². The molecule has 0 heterocycles. The van der Waals surface area contributed by atoms with Crippen LogP contribution in [-0.4, -0.2) is 32.2 Å². The second-order valence-corrected chi connectivity index (χ2v) is 7.31. The fourth-order valence-electron chi connectivity index (χ4n) is 2.80. The van der Waals surface area contributed by atoms with E-state index in [1.165, 1.54) is 13.2 Å². The van der Waals surface area contributed by atoms with Gasteiger partial charge in [0.15, 0.2) is 18.1 Å². The van der Waals surface area contributed by atoms with E-state index in [1.807, 2.05) is 6.07 Å². The van der Waals surface area contributed by atoms with Gasteiger partial charge in [-0.1, -0.05) is 35.3 Å². The van der Waals surface area contributed by atoms with Crippen LogP contribution in [0.5, 0.6) is 11.5 Å². The Kier molecular flexibility index (Phi) is 9.80. The van der Waals surface area contributed by atoms with Crippen molar-refractivity contribution in [3.8, 4) is 17.6 Å². The van der Waals surface area contributed by atoms with Crippen molar-refractivity contribution in [1.29, 1.82) is 5.26 Å². The zero-order valence-electron chi connectivity index (χ0n) is 18.1. The van der Waals surface area contributed by atoms with Crippen molar-refractivity contribution in [2.45, 2.75) is 13.3 Å². The van der Waals surface area contributed by atoms with E-state index >= 15 is 0 Å². The molecule has 0 radical (unpaired) electrons. The number of allylic oxidation sites excluding steroid dienone is 1. The highest BCUT2D eigenvalue weighted by atomic mass is 35.5. The number of anilines is 1. The lowest BCUT2D eigenvalue weighted by atomic mass is 10.0. The summed E-state index contributed by atoms with van der Waals surface area (Å²) >= 11 is 12.1. The Morgan fingerprint density at radius 1 is 1.24 bits per heavy atom. The van der Waals surface area contributed by atoms with Crippen LogP contribution in [0.4, 0.5) is 5.69 Å². The summed E-state index contributed by atoms with van der Waals surface area (Å²) in [4.78, 5) is 24.2. The summed E-state index contributed by atoms with van der Waals surface area (Å²) in [5, 5.41) is 12.6. The topological polar surface area (TPSA) is 97.7 Å². The van der Waals surface area contributed by atoms with Gasteiger partial charge < -0.3 is 19.5 Å². The Labute approximate surface area is 202 Å². The molecule has 2 aromatic carbocycles. The molecule has 0 spiro atoms. The van der Waals surface area contributed by atoms with Crippen LogP contribution in [0, 0.1) is 11.3 Å². The number of hydrogen-bond acceptors (Lipinski definition) is 6. The number of nitrogens with one attached hydrogen (secondary N) is 1. The third kappa shape index (κ3) is 7.01. The number of rotatable bonds is 10. The summed E-state index contributed by atoms with van der Waals surface area (Å²) in [6, 6.07) is 10.0. The first-order valence-corrected chi connectivity index (χ1v) is 10.6. The molecule has 0 unspecified atom stereocenters. The van der Waals surface area contributed by atoms with Gasteiger partial charge in [0, 0.05) is 5.56 Å². The predicted octanol–water partition coefficient (Wildman–Crippen LogP) is 5.22. The van der Waals surface area contributed by atoms with E-state index in [1.54, 1.807) is 43.3 Å². The van der Waals surface area contributed by atoms with Gasteiger partial charge in [0.05, 0.1) is 29.4 Å². The lowest BCUT2D eigenvalue weighted by Gasteiger charge is -2.16. The molecule has 172 valence electrons. The summed E-state index contributed by atoms with van der Waals surface area (Å²) in [6.45, 7) is 5.56. The van der Waals surface area contributed by atoms with Gasteiger partial charge in [-0.3, -0.25) is 4.79 Å². The molecule has 1 N–H and O–H groups in total. The molecule has 0 aliphatic carbocycles. The van der Waals surface area contributed by atoms with Gasteiger partial charge in [-0.05, 0) is 49.2 Å². The lowest BCUT2D eigenvalue weighted by molar-refractivity contribution is -0.142. The van der Waals surface area contributed by atoms with Crippen LogP contribution in [0.25, 0.3) is 6.08 Å². The summed E-state index contributed by atoms with van der Waals surface area (Å²) in [6.07, 6.45) is 3.46. The number of hydrogen-bond donors (Lipinski definition) is 1. The Morgan fingerprint density at radius 2 is 2.00 bits per heavy atom. The predicted molar refractivity (Wildman–Crippen MR) is 128 cm³/mol. The Bertz CT molecular complexity index is 1120. The zero-order valence-corrected chi connectivity index (χ0v) is 19.6. The SMILES string of the molecule is C=CCc1cc(/C=C(/C#N)C(=O)Nc2cccc(Cl)c2Cl)cc(OCC)c1OCC(=O)OC. The third-order valence-electron chi connectivity index (χ3n) is 4.26. The normalized spacial score (nSPS) is 10.7. The molecule has 0 aromatic heterocycles. The standard InChI is InChI=1S/C24H22Cl2N2O5/c1-4-7-16-10-15(12-20(32-5-2)23(16)33-14-21(29)31-3)11-17(13-27)24(30)28-19-9-6-8-18(25)22(19)26/h4,6,8-12H,1,5,7,14H2,2-3H3,(H,28,30)/b17-11-. The van der Waals surface area contributed by atoms with Gasteiger partial charge in [-0.15, -0.1) is 6.58 Å². The second kappa shape index (κ2) is 12.5. The number of ether oxygens (including phenoxy) is 3. The fourth-order valence-corrected chi connectivity index (χ4v) is 3.14. The van der Waals surface area contributed by atoms with Crippen LogP contribution in [0.1, 0.15) is 18.1 Å². The Balaban J connectivity index is 2.44. The minimum absolute atomic E-state index is 0.165. The minimum Gasteiger partial charge on any atom is -0.490 e. The Morgan fingerprint density at radius 3 is 2.64 bits per heavy atom. The van der Waals surface area contributed by atoms with Crippen molar-refractivity contribution in [2.24, 2.45) is 0 Å². The third-order valence-corrected chi connectivity index (χ3v) is 5.08. The van der Waals surface area contributed by atoms with Gasteiger partial charge in [0.1, 0.15) is 11.6 Å². The van der Waals surface area contributed by atoms with E-state index in [-0.39, 0.29) is 27.9 Å². The summed E-state index contributed by atoms with van der Waals surface area (Å²) < 4.78 is 15.9.